The largest absolute Gasteiger partial charge is 0.477 e. The molecule has 1 saturated heterocycles. The molecule has 7 nitrogen and oxygen atoms in total. The first-order valence-electron chi connectivity index (χ1n) is 4.10. The van der Waals surface area contributed by atoms with Crippen molar-refractivity contribution in [3.05, 3.63) is 21.8 Å². The summed E-state index contributed by atoms with van der Waals surface area (Å²) >= 11 is 1.40. The fourth-order valence-corrected chi connectivity index (χ4v) is 2.71. The molecule has 2 aliphatic rings. The summed E-state index contributed by atoms with van der Waals surface area (Å²) in [6.07, 6.45) is 0.352. The molecule has 0 aromatic rings. The van der Waals surface area contributed by atoms with Crippen LogP contribution in [-0.4, -0.2) is 33.0 Å². The number of aliphatic carboxylic acids is 1. The maximum Gasteiger partial charge on any atom is 0.352 e. The van der Waals surface area contributed by atoms with Crippen LogP contribution in [0, 0.1) is 0 Å². The van der Waals surface area contributed by atoms with E-state index >= 15 is 0 Å². The number of β-lactam (4-membered cyclic amide) rings is 1. The second-order valence-corrected chi connectivity index (χ2v) is 4.19. The van der Waals surface area contributed by atoms with E-state index in [2.05, 4.69) is 10.0 Å². The Labute approximate surface area is 88.4 Å². The summed E-state index contributed by atoms with van der Waals surface area (Å²) in [6, 6.07) is 0. The third kappa shape index (κ3) is 1.43. The van der Waals surface area contributed by atoms with Crippen LogP contribution in [0.25, 0.3) is 10.4 Å². The average molecular weight is 226 g/mol. The van der Waals surface area contributed by atoms with E-state index in [-0.39, 0.29) is 22.7 Å². The molecule has 78 valence electrons. The van der Waals surface area contributed by atoms with Crippen molar-refractivity contribution in [3.63, 3.8) is 0 Å². The second kappa shape index (κ2) is 3.48. The van der Waals surface area contributed by atoms with Gasteiger partial charge in [-0.25, -0.2) is 4.79 Å². The highest BCUT2D eigenvalue weighted by Gasteiger charge is 2.45. The summed E-state index contributed by atoms with van der Waals surface area (Å²) in [5.41, 5.74) is 8.21. The molecule has 0 aromatic carbocycles. The first kappa shape index (κ1) is 9.88. The summed E-state index contributed by atoms with van der Waals surface area (Å²) in [4.78, 5) is 25.9. The van der Waals surface area contributed by atoms with Crippen LogP contribution in [0.15, 0.2) is 16.5 Å². The zero-order valence-corrected chi connectivity index (χ0v) is 8.27. The number of carbonyl (C=O) groups excluding carboxylic acids is 1. The van der Waals surface area contributed by atoms with Crippen molar-refractivity contribution in [1.82, 2.24) is 4.90 Å². The molecule has 2 heterocycles. The lowest BCUT2D eigenvalue weighted by Gasteiger charge is -2.43. The Hall–Kier alpha value is -1.66. The highest BCUT2D eigenvalue weighted by atomic mass is 32.2. The number of nitrogens with zero attached hydrogens (tertiary/aromatic N) is 4. The lowest BCUT2D eigenvalue weighted by Crippen LogP contribution is -2.53. The van der Waals surface area contributed by atoms with Crippen molar-refractivity contribution >= 4 is 23.6 Å². The number of thioether (sulfide) groups is 1. The van der Waals surface area contributed by atoms with Crippen molar-refractivity contribution in [2.24, 2.45) is 5.11 Å². The molecule has 15 heavy (non-hydrogen) atoms. The number of hydrogen-bond donors (Lipinski definition) is 1. The maximum absolute atomic E-state index is 11.2. The molecule has 0 aliphatic carbocycles. The number of carboxylic acid groups (broad SMARTS) is 1. The van der Waals surface area contributed by atoms with Gasteiger partial charge in [0.05, 0.1) is 17.5 Å². The molecule has 1 fully saturated rings. The summed E-state index contributed by atoms with van der Waals surface area (Å²) in [6.45, 7) is 0. The first-order chi connectivity index (χ1) is 7.15. The van der Waals surface area contributed by atoms with Crippen molar-refractivity contribution in [2.45, 2.75) is 11.8 Å². The minimum Gasteiger partial charge on any atom is -0.477 e. The van der Waals surface area contributed by atoms with E-state index in [4.69, 9.17) is 10.6 Å². The predicted molar refractivity (Wildman–Crippen MR) is 51.5 cm³/mol. The highest BCUT2D eigenvalue weighted by Crippen LogP contribution is 2.40. The quantitative estimate of drug-likeness (QED) is 0.326. The van der Waals surface area contributed by atoms with E-state index in [1.807, 2.05) is 0 Å². The fraction of sp³-hybridized carbons (Fsp3) is 0.429. The highest BCUT2D eigenvalue weighted by molar-refractivity contribution is 8.00. The number of carboxylic acids is 1. The Bertz CT molecular complexity index is 426. The van der Waals surface area contributed by atoms with Gasteiger partial charge < -0.3 is 5.11 Å². The molecule has 1 atom stereocenters. The van der Waals surface area contributed by atoms with Crippen molar-refractivity contribution in [3.8, 4) is 0 Å². The predicted octanol–water partition coefficient (Wildman–Crippen LogP) is 0.898. The molecule has 2 rings (SSSR count). The Balaban J connectivity index is 2.45. The van der Waals surface area contributed by atoms with Gasteiger partial charge in [0.1, 0.15) is 5.70 Å². The molecular formula is C7H6N4O3S. The van der Waals surface area contributed by atoms with Gasteiger partial charge in [0, 0.05) is 10.7 Å². The van der Waals surface area contributed by atoms with Crippen LogP contribution >= 0.6 is 11.8 Å². The van der Waals surface area contributed by atoms with E-state index in [0.29, 0.717) is 12.2 Å². The third-order valence-electron chi connectivity index (χ3n) is 2.20. The minimum atomic E-state index is -1.23. The summed E-state index contributed by atoms with van der Waals surface area (Å²) in [5, 5.41) is 12.1. The van der Waals surface area contributed by atoms with Gasteiger partial charge in [0.25, 0.3) is 0 Å². The number of amides is 1. The van der Waals surface area contributed by atoms with Gasteiger partial charge in [-0.15, -0.1) is 11.8 Å². The minimum absolute atomic E-state index is 0.110. The molecule has 0 aromatic heterocycles. The maximum atomic E-state index is 11.2. The summed E-state index contributed by atoms with van der Waals surface area (Å²) in [7, 11) is 0. The Morgan fingerprint density at radius 1 is 1.73 bits per heavy atom. The molecule has 0 unspecified atom stereocenters. The van der Waals surface area contributed by atoms with Crippen LogP contribution in [-0.2, 0) is 9.59 Å². The van der Waals surface area contributed by atoms with Gasteiger partial charge in [-0.2, -0.15) is 0 Å². The molecule has 2 aliphatic heterocycles. The number of hydrogen-bond acceptors (Lipinski definition) is 4. The Morgan fingerprint density at radius 3 is 3.00 bits per heavy atom. The Morgan fingerprint density at radius 2 is 2.47 bits per heavy atom. The normalized spacial score (nSPS) is 24.1. The van der Waals surface area contributed by atoms with E-state index in [0.717, 1.165) is 0 Å². The van der Waals surface area contributed by atoms with Crippen LogP contribution in [0.4, 0.5) is 0 Å². The van der Waals surface area contributed by atoms with Gasteiger partial charge in [0.2, 0.25) is 5.91 Å². The van der Waals surface area contributed by atoms with Gasteiger partial charge in [-0.1, -0.05) is 5.11 Å². The van der Waals surface area contributed by atoms with Crippen LogP contribution in [0.2, 0.25) is 0 Å². The van der Waals surface area contributed by atoms with Gasteiger partial charge in [0.15, 0.2) is 0 Å². The molecule has 0 spiro atoms. The number of carbonyl (C=O) groups is 2. The van der Waals surface area contributed by atoms with Crippen LogP contribution in [0.3, 0.4) is 0 Å². The second-order valence-electron chi connectivity index (χ2n) is 3.02. The monoisotopic (exact) mass is 226 g/mol. The fourth-order valence-electron chi connectivity index (χ4n) is 1.53. The van der Waals surface area contributed by atoms with Crippen LogP contribution in [0.1, 0.15) is 6.42 Å². The van der Waals surface area contributed by atoms with Crippen molar-refractivity contribution in [2.75, 3.05) is 5.75 Å². The van der Waals surface area contributed by atoms with Crippen molar-refractivity contribution in [1.29, 1.82) is 0 Å². The van der Waals surface area contributed by atoms with E-state index < -0.39 is 5.97 Å². The number of fused-ring (bicyclic) bond motifs is 1. The van der Waals surface area contributed by atoms with Gasteiger partial charge >= 0.3 is 5.97 Å². The SMILES string of the molecule is [N-]=[N+]=NC1=C(C(=O)O)N2C(=O)C[C@@H]2SC1. The van der Waals surface area contributed by atoms with Crippen molar-refractivity contribution < 1.29 is 14.7 Å². The van der Waals surface area contributed by atoms with Gasteiger partial charge in [-0.3, -0.25) is 9.69 Å². The average Bonchev–Trinajstić information content (AvgIpc) is 2.18. The molecule has 1 N–H and O–H groups in total. The zero-order valence-electron chi connectivity index (χ0n) is 7.45. The molecule has 0 radical (unpaired) electrons. The topological polar surface area (TPSA) is 106 Å². The number of azide groups is 1. The van der Waals surface area contributed by atoms with Gasteiger partial charge in [-0.05, 0) is 5.53 Å². The van der Waals surface area contributed by atoms with E-state index in [1.54, 1.807) is 0 Å². The molecule has 0 bridgehead atoms. The Kier molecular flexibility index (Phi) is 2.29. The van der Waals surface area contributed by atoms with E-state index in [1.165, 1.54) is 16.7 Å². The smallest absolute Gasteiger partial charge is 0.352 e. The molecule has 8 heteroatoms. The summed E-state index contributed by atoms with van der Waals surface area (Å²) < 4.78 is 0. The first-order valence-corrected chi connectivity index (χ1v) is 5.15. The van der Waals surface area contributed by atoms with Crippen LogP contribution < -0.4 is 0 Å². The zero-order chi connectivity index (χ0) is 11.0. The standard InChI is InChI=1S/C7H6N4O3S/c8-10-9-3-2-15-5-1-4(12)11(5)6(3)7(13)14/h5H,1-2H2,(H,13,14)/t5-/m0/s1. The summed E-state index contributed by atoms with van der Waals surface area (Å²) in [5.74, 6) is -1.13. The van der Waals surface area contributed by atoms with Crippen LogP contribution in [0.5, 0.6) is 0 Å². The molecular weight excluding hydrogens is 220 g/mol. The number of rotatable bonds is 2. The lowest BCUT2D eigenvalue weighted by atomic mass is 10.1. The third-order valence-corrected chi connectivity index (χ3v) is 3.40. The molecule has 1 amide bonds. The lowest BCUT2D eigenvalue weighted by molar-refractivity contribution is -0.146. The molecule has 0 saturated carbocycles. The van der Waals surface area contributed by atoms with E-state index in [9.17, 15) is 9.59 Å².